The van der Waals surface area contributed by atoms with Crippen LogP contribution in [-0.4, -0.2) is 24.1 Å². The first kappa shape index (κ1) is 13.9. The first-order chi connectivity index (χ1) is 7.51. The molecule has 1 aromatic rings. The summed E-state index contributed by atoms with van der Waals surface area (Å²) in [5.41, 5.74) is 1.13. The van der Waals surface area contributed by atoms with Crippen molar-refractivity contribution in [3.63, 3.8) is 0 Å². The molecular weight excluding hydrogens is 210 g/mol. The van der Waals surface area contributed by atoms with Gasteiger partial charge in [0.15, 0.2) is 0 Å². The molecule has 1 aromatic heterocycles. The molecule has 0 bridgehead atoms. The summed E-state index contributed by atoms with van der Waals surface area (Å²) in [4.78, 5) is 11.4. The molecule has 0 unspecified atom stereocenters. The van der Waals surface area contributed by atoms with E-state index in [1.165, 1.54) is 0 Å². The molecule has 0 atom stereocenters. The molecule has 1 heterocycles. The maximum absolute atomic E-state index is 4.72. The number of hydrogen-bond acceptors (Lipinski definition) is 3. The van der Waals surface area contributed by atoms with Crippen molar-refractivity contribution in [2.45, 2.75) is 52.4 Å². The maximum atomic E-state index is 4.72. The lowest BCUT2D eigenvalue weighted by molar-refractivity contribution is 0.513. The van der Waals surface area contributed by atoms with Crippen LogP contribution in [0, 0.1) is 0 Å². The largest absolute Gasteiger partial charge is 0.363 e. The monoisotopic (exact) mass is 235 g/mol. The molecule has 0 fully saturated rings. The molecule has 0 aliphatic rings. The lowest BCUT2D eigenvalue weighted by atomic mass is 9.90. The van der Waals surface area contributed by atoms with Crippen molar-refractivity contribution >= 4 is 5.82 Å². The van der Waals surface area contributed by atoms with Gasteiger partial charge in [0.1, 0.15) is 11.6 Å². The van der Waals surface area contributed by atoms with E-state index in [0.29, 0.717) is 0 Å². The van der Waals surface area contributed by atoms with Gasteiger partial charge < -0.3 is 4.90 Å². The summed E-state index contributed by atoms with van der Waals surface area (Å²) >= 11 is 0. The predicted molar refractivity (Wildman–Crippen MR) is 73.8 cm³/mol. The molecule has 0 aliphatic heterocycles. The fourth-order valence-electron chi connectivity index (χ4n) is 1.38. The van der Waals surface area contributed by atoms with Gasteiger partial charge in [-0.1, -0.05) is 41.5 Å². The molecular formula is C14H25N3. The Bertz CT molecular complexity index is 363. The predicted octanol–water partition coefficient (Wildman–Crippen LogP) is 3.14. The fourth-order valence-corrected chi connectivity index (χ4v) is 1.38. The molecule has 0 saturated carbocycles. The zero-order valence-electron chi connectivity index (χ0n) is 12.4. The van der Waals surface area contributed by atoms with E-state index in [9.17, 15) is 0 Å². The van der Waals surface area contributed by atoms with Crippen molar-refractivity contribution in [3.05, 3.63) is 17.6 Å². The Morgan fingerprint density at radius 2 is 1.41 bits per heavy atom. The van der Waals surface area contributed by atoms with E-state index >= 15 is 0 Å². The van der Waals surface area contributed by atoms with Crippen molar-refractivity contribution in [1.82, 2.24) is 9.97 Å². The highest BCUT2D eigenvalue weighted by Gasteiger charge is 2.23. The zero-order valence-corrected chi connectivity index (χ0v) is 12.4. The Morgan fingerprint density at radius 1 is 0.882 bits per heavy atom. The van der Waals surface area contributed by atoms with Gasteiger partial charge in [-0.15, -0.1) is 0 Å². The fraction of sp³-hybridized carbons (Fsp3) is 0.714. The SMILES string of the molecule is CN(C)c1cc(C(C)(C)C)nc(C(C)(C)C)n1. The molecule has 0 radical (unpaired) electrons. The van der Waals surface area contributed by atoms with Crippen molar-refractivity contribution in [1.29, 1.82) is 0 Å². The van der Waals surface area contributed by atoms with Crippen LogP contribution in [0.2, 0.25) is 0 Å². The minimum absolute atomic E-state index is 0.0218. The van der Waals surface area contributed by atoms with Crippen molar-refractivity contribution in [3.8, 4) is 0 Å². The van der Waals surface area contributed by atoms with Crippen molar-refractivity contribution in [2.75, 3.05) is 19.0 Å². The summed E-state index contributed by atoms with van der Waals surface area (Å²) in [7, 11) is 4.03. The van der Waals surface area contributed by atoms with Crippen molar-refractivity contribution in [2.24, 2.45) is 0 Å². The van der Waals surface area contributed by atoms with E-state index in [2.05, 4.69) is 52.6 Å². The smallest absolute Gasteiger partial charge is 0.136 e. The highest BCUT2D eigenvalue weighted by atomic mass is 15.2. The standard InChI is InChI=1S/C14H25N3/c1-13(2,3)10-9-11(17(7)8)16-12(15-10)14(4,5)6/h9H,1-8H3. The van der Waals surface area contributed by atoms with Gasteiger partial charge in [-0.05, 0) is 0 Å². The van der Waals surface area contributed by atoms with E-state index in [1.54, 1.807) is 0 Å². The van der Waals surface area contributed by atoms with Gasteiger partial charge in [0, 0.05) is 31.0 Å². The minimum atomic E-state index is -0.0218. The van der Waals surface area contributed by atoms with E-state index in [-0.39, 0.29) is 10.8 Å². The normalized spacial score (nSPS) is 12.7. The Kier molecular flexibility index (Phi) is 3.51. The summed E-state index contributed by atoms with van der Waals surface area (Å²) in [6, 6.07) is 2.08. The van der Waals surface area contributed by atoms with Gasteiger partial charge in [0.05, 0.1) is 5.69 Å². The molecule has 3 nitrogen and oxygen atoms in total. The molecule has 3 heteroatoms. The van der Waals surface area contributed by atoms with Crippen LogP contribution in [0.3, 0.4) is 0 Å². The number of hydrogen-bond donors (Lipinski definition) is 0. The van der Waals surface area contributed by atoms with Gasteiger partial charge in [0.25, 0.3) is 0 Å². The summed E-state index contributed by atoms with van der Waals surface area (Å²) < 4.78 is 0. The highest BCUT2D eigenvalue weighted by Crippen LogP contribution is 2.27. The molecule has 1 rings (SSSR count). The van der Waals surface area contributed by atoms with Crippen LogP contribution in [0.15, 0.2) is 6.07 Å². The second-order valence-corrected chi connectivity index (χ2v) is 6.83. The first-order valence-corrected chi connectivity index (χ1v) is 6.09. The third-order valence-electron chi connectivity index (χ3n) is 2.61. The molecule has 0 aromatic carbocycles. The zero-order chi connectivity index (χ0) is 13.4. The lowest BCUT2D eigenvalue weighted by Crippen LogP contribution is -2.24. The summed E-state index contributed by atoms with van der Waals surface area (Å²) in [5, 5.41) is 0. The molecule has 0 spiro atoms. The molecule has 0 N–H and O–H groups in total. The van der Waals surface area contributed by atoms with Gasteiger partial charge in [-0.2, -0.15) is 0 Å². The van der Waals surface area contributed by atoms with Crippen LogP contribution in [0.5, 0.6) is 0 Å². The Hall–Kier alpha value is -1.12. The quantitative estimate of drug-likeness (QED) is 0.749. The Morgan fingerprint density at radius 3 is 1.76 bits per heavy atom. The van der Waals surface area contributed by atoms with Gasteiger partial charge in [0.2, 0.25) is 0 Å². The van der Waals surface area contributed by atoms with Gasteiger partial charge in [-0.25, -0.2) is 9.97 Å². The number of aromatic nitrogens is 2. The Balaban J connectivity index is 3.40. The van der Waals surface area contributed by atoms with E-state index < -0.39 is 0 Å². The molecule has 0 saturated heterocycles. The topological polar surface area (TPSA) is 29.0 Å². The lowest BCUT2D eigenvalue weighted by Gasteiger charge is -2.25. The van der Waals surface area contributed by atoms with E-state index in [0.717, 1.165) is 17.3 Å². The molecule has 17 heavy (non-hydrogen) atoms. The number of anilines is 1. The highest BCUT2D eigenvalue weighted by molar-refractivity contribution is 5.40. The summed E-state index contributed by atoms with van der Waals surface area (Å²) in [5.74, 6) is 1.89. The summed E-state index contributed by atoms with van der Waals surface area (Å²) in [6.45, 7) is 13.0. The average molecular weight is 235 g/mol. The second-order valence-electron chi connectivity index (χ2n) is 6.83. The van der Waals surface area contributed by atoms with Crippen LogP contribution >= 0.6 is 0 Å². The third-order valence-corrected chi connectivity index (χ3v) is 2.61. The van der Waals surface area contributed by atoms with E-state index in [4.69, 9.17) is 4.98 Å². The Labute approximate surface area is 105 Å². The summed E-state index contributed by atoms with van der Waals surface area (Å²) in [6.07, 6.45) is 0. The molecule has 0 amide bonds. The van der Waals surface area contributed by atoms with Crippen LogP contribution in [0.1, 0.15) is 53.1 Å². The van der Waals surface area contributed by atoms with Gasteiger partial charge >= 0.3 is 0 Å². The average Bonchev–Trinajstić information content (AvgIpc) is 2.14. The van der Waals surface area contributed by atoms with Gasteiger partial charge in [-0.3, -0.25) is 0 Å². The van der Waals surface area contributed by atoms with Crippen LogP contribution in [0.4, 0.5) is 5.82 Å². The number of rotatable bonds is 1. The van der Waals surface area contributed by atoms with Crippen LogP contribution in [-0.2, 0) is 10.8 Å². The van der Waals surface area contributed by atoms with Crippen molar-refractivity contribution < 1.29 is 0 Å². The number of nitrogens with zero attached hydrogens (tertiary/aromatic N) is 3. The van der Waals surface area contributed by atoms with Crippen LogP contribution in [0.25, 0.3) is 0 Å². The molecule has 0 aliphatic carbocycles. The van der Waals surface area contributed by atoms with E-state index in [1.807, 2.05) is 19.0 Å². The maximum Gasteiger partial charge on any atom is 0.136 e. The third kappa shape index (κ3) is 3.42. The first-order valence-electron chi connectivity index (χ1n) is 6.09. The second kappa shape index (κ2) is 4.28. The van der Waals surface area contributed by atoms with Crippen LogP contribution < -0.4 is 4.90 Å². The minimum Gasteiger partial charge on any atom is -0.363 e. The molecule has 96 valence electrons.